The van der Waals surface area contributed by atoms with Crippen molar-refractivity contribution in [2.24, 2.45) is 0 Å². The molecule has 0 aromatic heterocycles. The monoisotopic (exact) mass is 270 g/mol. The zero-order valence-corrected chi connectivity index (χ0v) is 12.3. The Labute approximate surface area is 114 Å². The number of thioether (sulfide) groups is 1. The Bertz CT molecular complexity index is 354. The first-order valence-corrected chi connectivity index (χ1v) is 7.48. The predicted molar refractivity (Wildman–Crippen MR) is 77.7 cm³/mol. The summed E-state index contributed by atoms with van der Waals surface area (Å²) in [7, 11) is 1.88. The highest BCUT2D eigenvalue weighted by Gasteiger charge is 2.09. The highest BCUT2D eigenvalue weighted by molar-refractivity contribution is 7.99. The van der Waals surface area contributed by atoms with Crippen LogP contribution in [0, 0.1) is 5.82 Å². The molecule has 0 radical (unpaired) electrons. The largest absolute Gasteiger partial charge is 0.316 e. The Morgan fingerprint density at radius 3 is 2.61 bits per heavy atom. The van der Waals surface area contributed by atoms with Gasteiger partial charge in [0.1, 0.15) is 5.82 Å². The average Bonchev–Trinajstić information content (AvgIpc) is 2.38. The summed E-state index contributed by atoms with van der Waals surface area (Å²) < 4.78 is 13.8. The van der Waals surface area contributed by atoms with Crippen LogP contribution in [-0.4, -0.2) is 37.3 Å². The Kier molecular flexibility index (Phi) is 7.32. The molecular formula is C14H23FN2S. The van der Waals surface area contributed by atoms with E-state index >= 15 is 0 Å². The Balaban J connectivity index is 2.60. The van der Waals surface area contributed by atoms with E-state index in [1.54, 1.807) is 23.9 Å². The van der Waals surface area contributed by atoms with Crippen molar-refractivity contribution >= 4 is 11.8 Å². The summed E-state index contributed by atoms with van der Waals surface area (Å²) in [6, 6.07) is 5.30. The molecule has 1 N–H and O–H groups in total. The Hall–Kier alpha value is -0.580. The summed E-state index contributed by atoms with van der Waals surface area (Å²) in [6.45, 7) is 8.14. The molecule has 0 fully saturated rings. The van der Waals surface area contributed by atoms with Crippen molar-refractivity contribution in [3.63, 3.8) is 0 Å². The third-order valence-electron chi connectivity index (χ3n) is 2.96. The van der Waals surface area contributed by atoms with Crippen LogP contribution >= 0.6 is 11.8 Å². The fraction of sp³-hybridized carbons (Fsp3) is 0.571. The minimum Gasteiger partial charge on any atom is -0.316 e. The highest BCUT2D eigenvalue weighted by Crippen LogP contribution is 2.26. The van der Waals surface area contributed by atoms with Gasteiger partial charge in [-0.25, -0.2) is 4.39 Å². The first kappa shape index (κ1) is 15.5. The lowest BCUT2D eigenvalue weighted by Crippen LogP contribution is -2.25. The van der Waals surface area contributed by atoms with Crippen molar-refractivity contribution in [1.82, 2.24) is 10.2 Å². The van der Waals surface area contributed by atoms with Gasteiger partial charge in [0.15, 0.2) is 0 Å². The van der Waals surface area contributed by atoms with E-state index in [-0.39, 0.29) is 5.82 Å². The summed E-state index contributed by atoms with van der Waals surface area (Å²) in [5.74, 6) is 0.826. The summed E-state index contributed by atoms with van der Waals surface area (Å²) >= 11 is 1.62. The van der Waals surface area contributed by atoms with Gasteiger partial charge in [0.25, 0.3) is 0 Å². The number of halogens is 1. The number of hydrogen-bond donors (Lipinski definition) is 1. The van der Waals surface area contributed by atoms with Crippen LogP contribution in [0.2, 0.25) is 0 Å². The summed E-state index contributed by atoms with van der Waals surface area (Å²) in [5, 5.41) is 3.08. The molecule has 1 aromatic carbocycles. The van der Waals surface area contributed by atoms with Gasteiger partial charge in [-0.15, -0.1) is 11.8 Å². The van der Waals surface area contributed by atoms with Crippen LogP contribution in [0.3, 0.4) is 0 Å². The normalized spacial score (nSPS) is 11.2. The van der Waals surface area contributed by atoms with Crippen LogP contribution in [-0.2, 0) is 6.54 Å². The van der Waals surface area contributed by atoms with Crippen LogP contribution in [0.4, 0.5) is 4.39 Å². The molecule has 0 atom stereocenters. The first-order chi connectivity index (χ1) is 8.72. The van der Waals surface area contributed by atoms with Crippen LogP contribution < -0.4 is 5.32 Å². The molecule has 2 nitrogen and oxygen atoms in total. The number of rotatable bonds is 8. The van der Waals surface area contributed by atoms with Crippen molar-refractivity contribution in [2.45, 2.75) is 25.3 Å². The summed E-state index contributed by atoms with van der Waals surface area (Å²) in [6.07, 6.45) is 0. The zero-order chi connectivity index (χ0) is 13.4. The zero-order valence-electron chi connectivity index (χ0n) is 11.5. The number of nitrogens with one attached hydrogen (secondary N) is 1. The molecule has 0 saturated heterocycles. The highest BCUT2D eigenvalue weighted by atomic mass is 32.2. The molecule has 0 unspecified atom stereocenters. The van der Waals surface area contributed by atoms with Crippen LogP contribution in [0.25, 0.3) is 0 Å². The maximum Gasteiger partial charge on any atom is 0.137 e. The Morgan fingerprint density at radius 2 is 2.00 bits per heavy atom. The second-order valence-corrected chi connectivity index (χ2v) is 5.24. The van der Waals surface area contributed by atoms with Gasteiger partial charge in [-0.3, -0.25) is 0 Å². The van der Waals surface area contributed by atoms with E-state index in [0.29, 0.717) is 6.54 Å². The molecule has 0 aliphatic rings. The second kappa shape index (κ2) is 8.51. The molecule has 0 aliphatic carbocycles. The number of nitrogens with zero attached hydrogens (tertiary/aromatic N) is 1. The molecule has 0 amide bonds. The topological polar surface area (TPSA) is 15.3 Å². The molecule has 1 aromatic rings. The molecule has 0 spiro atoms. The maximum absolute atomic E-state index is 13.8. The van der Waals surface area contributed by atoms with E-state index in [9.17, 15) is 4.39 Å². The lowest BCUT2D eigenvalue weighted by Gasteiger charge is -2.18. The lowest BCUT2D eigenvalue weighted by atomic mass is 10.2. The van der Waals surface area contributed by atoms with Gasteiger partial charge >= 0.3 is 0 Å². The van der Waals surface area contributed by atoms with Crippen LogP contribution in [0.15, 0.2) is 23.1 Å². The van der Waals surface area contributed by atoms with E-state index in [2.05, 4.69) is 24.1 Å². The van der Waals surface area contributed by atoms with Crippen LogP contribution in [0.1, 0.15) is 19.4 Å². The summed E-state index contributed by atoms with van der Waals surface area (Å²) in [5.41, 5.74) is 1.04. The summed E-state index contributed by atoms with van der Waals surface area (Å²) in [4.78, 5) is 3.14. The van der Waals surface area contributed by atoms with E-state index in [0.717, 1.165) is 35.8 Å². The molecule has 1 rings (SSSR count). The molecule has 0 aliphatic heterocycles. The van der Waals surface area contributed by atoms with Crippen LogP contribution in [0.5, 0.6) is 0 Å². The van der Waals surface area contributed by atoms with Crippen molar-refractivity contribution in [3.8, 4) is 0 Å². The van der Waals surface area contributed by atoms with Crippen molar-refractivity contribution in [3.05, 3.63) is 29.6 Å². The lowest BCUT2D eigenvalue weighted by molar-refractivity contribution is 0.324. The molecule has 102 valence electrons. The van der Waals surface area contributed by atoms with E-state index in [1.807, 2.05) is 13.1 Å². The predicted octanol–water partition coefficient (Wildman–Crippen LogP) is 2.98. The molecule has 0 saturated carbocycles. The molecule has 0 bridgehead atoms. The van der Waals surface area contributed by atoms with E-state index < -0.39 is 0 Å². The number of benzene rings is 1. The van der Waals surface area contributed by atoms with Gasteiger partial charge in [-0.1, -0.05) is 26.0 Å². The van der Waals surface area contributed by atoms with Crippen molar-refractivity contribution in [2.75, 3.05) is 32.4 Å². The minimum absolute atomic E-state index is 0.104. The minimum atomic E-state index is -0.104. The van der Waals surface area contributed by atoms with Gasteiger partial charge < -0.3 is 10.2 Å². The Morgan fingerprint density at radius 1 is 1.28 bits per heavy atom. The fourth-order valence-electron chi connectivity index (χ4n) is 1.86. The molecule has 18 heavy (non-hydrogen) atoms. The van der Waals surface area contributed by atoms with Gasteiger partial charge in [-0.05, 0) is 31.8 Å². The van der Waals surface area contributed by atoms with E-state index in [1.165, 1.54) is 0 Å². The third kappa shape index (κ3) is 4.59. The maximum atomic E-state index is 13.8. The van der Waals surface area contributed by atoms with Gasteiger partial charge in [-0.2, -0.15) is 0 Å². The van der Waals surface area contributed by atoms with Gasteiger partial charge in [0, 0.05) is 23.7 Å². The molecule has 4 heteroatoms. The first-order valence-electron chi connectivity index (χ1n) is 6.50. The fourth-order valence-corrected chi connectivity index (χ4v) is 2.95. The average molecular weight is 270 g/mol. The van der Waals surface area contributed by atoms with Crippen molar-refractivity contribution < 1.29 is 4.39 Å². The van der Waals surface area contributed by atoms with E-state index in [4.69, 9.17) is 0 Å². The molecular weight excluding hydrogens is 247 g/mol. The quantitative estimate of drug-likeness (QED) is 0.731. The van der Waals surface area contributed by atoms with Gasteiger partial charge in [0.2, 0.25) is 0 Å². The standard InChI is InChI=1S/C14H23FN2S/c1-4-17(5-2)9-10-18-14-12(11-16-3)7-6-8-13(14)15/h6-8,16H,4-5,9-11H2,1-3H3. The second-order valence-electron chi connectivity index (χ2n) is 4.13. The van der Waals surface area contributed by atoms with Crippen molar-refractivity contribution in [1.29, 1.82) is 0 Å². The molecule has 0 heterocycles. The smallest absolute Gasteiger partial charge is 0.137 e. The third-order valence-corrected chi connectivity index (χ3v) is 4.10. The van der Waals surface area contributed by atoms with Gasteiger partial charge in [0.05, 0.1) is 0 Å². The number of hydrogen-bond acceptors (Lipinski definition) is 3. The SMILES string of the molecule is CCN(CC)CCSc1c(F)cccc1CNC.